The number of thiol groups is 1. The standard InChI is InChI=1S/C17H29NO3S2/c1-4-5-6-7-8-9-10-15-11-12-16(17(22)13-15)21-14(2)18-23(3,19)20/h11-14,18,22H,4-10H2,1-3H3. The molecule has 1 N–H and O–H groups in total. The Hall–Kier alpha value is -0.720. The van der Waals surface area contributed by atoms with Gasteiger partial charge in [0.05, 0.1) is 6.26 Å². The third-order valence-corrected chi connectivity index (χ3v) is 4.64. The molecule has 23 heavy (non-hydrogen) atoms. The van der Waals surface area contributed by atoms with E-state index in [1.54, 1.807) is 6.92 Å². The molecule has 0 aliphatic heterocycles. The number of ether oxygens (including phenoxy) is 1. The SMILES string of the molecule is CCCCCCCCc1ccc(OC(C)NS(C)(=O)=O)c(S)c1. The molecule has 0 aliphatic carbocycles. The zero-order valence-electron chi connectivity index (χ0n) is 14.3. The van der Waals surface area contributed by atoms with E-state index in [9.17, 15) is 8.42 Å². The van der Waals surface area contributed by atoms with Crippen molar-refractivity contribution in [3.8, 4) is 5.75 Å². The Balaban J connectivity index is 2.45. The molecule has 0 aliphatic rings. The Labute approximate surface area is 146 Å². The van der Waals surface area contributed by atoms with Crippen molar-refractivity contribution in [3.63, 3.8) is 0 Å². The molecule has 132 valence electrons. The van der Waals surface area contributed by atoms with Gasteiger partial charge in [-0.3, -0.25) is 0 Å². The minimum Gasteiger partial charge on any atom is -0.473 e. The van der Waals surface area contributed by atoms with E-state index < -0.39 is 16.3 Å². The Morgan fingerprint density at radius 2 is 1.83 bits per heavy atom. The third-order valence-electron chi connectivity index (χ3n) is 3.53. The van der Waals surface area contributed by atoms with Gasteiger partial charge in [0, 0.05) is 4.90 Å². The van der Waals surface area contributed by atoms with Crippen LogP contribution in [0, 0.1) is 0 Å². The summed E-state index contributed by atoms with van der Waals surface area (Å²) < 4.78 is 30.3. The number of hydrogen-bond donors (Lipinski definition) is 2. The van der Waals surface area contributed by atoms with Gasteiger partial charge >= 0.3 is 0 Å². The first-order valence-electron chi connectivity index (χ1n) is 8.27. The monoisotopic (exact) mass is 359 g/mol. The average Bonchev–Trinajstić information content (AvgIpc) is 2.43. The van der Waals surface area contributed by atoms with E-state index >= 15 is 0 Å². The van der Waals surface area contributed by atoms with Gasteiger partial charge in [-0.15, -0.1) is 12.6 Å². The quantitative estimate of drug-likeness (QED) is 0.354. The highest BCUT2D eigenvalue weighted by Gasteiger charge is 2.11. The largest absolute Gasteiger partial charge is 0.473 e. The fraction of sp³-hybridized carbons (Fsp3) is 0.647. The Kier molecular flexibility index (Phi) is 9.02. The van der Waals surface area contributed by atoms with Gasteiger partial charge in [0.25, 0.3) is 0 Å². The zero-order valence-corrected chi connectivity index (χ0v) is 16.1. The van der Waals surface area contributed by atoms with Gasteiger partial charge in [-0.1, -0.05) is 45.1 Å². The lowest BCUT2D eigenvalue weighted by Gasteiger charge is -2.16. The summed E-state index contributed by atoms with van der Waals surface area (Å²) in [6.45, 7) is 3.88. The van der Waals surface area contributed by atoms with Crippen LogP contribution in [-0.2, 0) is 16.4 Å². The van der Waals surface area contributed by atoms with Gasteiger partial charge in [-0.2, -0.15) is 4.72 Å². The Bertz CT molecular complexity index is 573. The third kappa shape index (κ3) is 9.23. The number of rotatable bonds is 11. The van der Waals surface area contributed by atoms with E-state index in [0.29, 0.717) is 5.75 Å². The summed E-state index contributed by atoms with van der Waals surface area (Å²) in [5.41, 5.74) is 1.24. The minimum absolute atomic E-state index is 0.587. The van der Waals surface area contributed by atoms with Crippen LogP contribution in [0.5, 0.6) is 5.75 Å². The molecule has 0 bridgehead atoms. The molecule has 0 fully saturated rings. The van der Waals surface area contributed by atoms with Crippen LogP contribution in [-0.4, -0.2) is 20.9 Å². The average molecular weight is 360 g/mol. The highest BCUT2D eigenvalue weighted by atomic mass is 32.2. The van der Waals surface area contributed by atoms with Crippen LogP contribution in [0.4, 0.5) is 0 Å². The second-order valence-electron chi connectivity index (χ2n) is 5.97. The van der Waals surface area contributed by atoms with Crippen molar-refractivity contribution >= 4 is 22.7 Å². The first-order chi connectivity index (χ1) is 10.8. The van der Waals surface area contributed by atoms with Gasteiger partial charge in [-0.25, -0.2) is 8.42 Å². The molecule has 1 rings (SSSR count). The van der Waals surface area contributed by atoms with E-state index in [1.807, 2.05) is 18.2 Å². The highest BCUT2D eigenvalue weighted by molar-refractivity contribution is 7.88. The second-order valence-corrected chi connectivity index (χ2v) is 8.23. The van der Waals surface area contributed by atoms with E-state index in [0.717, 1.165) is 17.6 Å². The van der Waals surface area contributed by atoms with E-state index in [-0.39, 0.29) is 0 Å². The van der Waals surface area contributed by atoms with Crippen LogP contribution in [0.3, 0.4) is 0 Å². The van der Waals surface area contributed by atoms with Crippen LogP contribution < -0.4 is 9.46 Å². The summed E-state index contributed by atoms with van der Waals surface area (Å²) in [5, 5.41) is 0. The molecule has 4 nitrogen and oxygen atoms in total. The maximum Gasteiger partial charge on any atom is 0.211 e. The van der Waals surface area contributed by atoms with E-state index in [4.69, 9.17) is 4.74 Å². The number of sulfonamides is 1. The smallest absolute Gasteiger partial charge is 0.211 e. The lowest BCUT2D eigenvalue weighted by Crippen LogP contribution is -2.35. The van der Waals surface area contributed by atoms with Crippen LogP contribution in [0.1, 0.15) is 57.9 Å². The summed E-state index contributed by atoms with van der Waals surface area (Å²) >= 11 is 4.44. The summed E-state index contributed by atoms with van der Waals surface area (Å²) in [6.07, 6.45) is 9.20. The van der Waals surface area contributed by atoms with Gasteiger partial charge in [0.2, 0.25) is 10.0 Å². The summed E-state index contributed by atoms with van der Waals surface area (Å²) in [5.74, 6) is 0.587. The lowest BCUT2D eigenvalue weighted by atomic mass is 10.0. The number of nitrogens with one attached hydrogen (secondary N) is 1. The Morgan fingerprint density at radius 1 is 1.17 bits per heavy atom. The molecule has 0 spiro atoms. The van der Waals surface area contributed by atoms with Crippen LogP contribution in [0.25, 0.3) is 0 Å². The number of unbranched alkanes of at least 4 members (excludes halogenated alkanes) is 5. The number of hydrogen-bond acceptors (Lipinski definition) is 4. The first-order valence-corrected chi connectivity index (χ1v) is 10.6. The molecule has 1 aromatic carbocycles. The molecular formula is C17H29NO3S2. The van der Waals surface area contributed by atoms with Crippen molar-refractivity contribution in [1.29, 1.82) is 0 Å². The molecule has 0 aromatic heterocycles. The van der Waals surface area contributed by atoms with E-state index in [1.165, 1.54) is 44.1 Å². The van der Waals surface area contributed by atoms with Crippen molar-refractivity contribution in [2.75, 3.05) is 6.26 Å². The second kappa shape index (κ2) is 10.2. The zero-order chi connectivity index (χ0) is 17.3. The predicted octanol–water partition coefficient (Wildman–Crippen LogP) is 4.15. The molecule has 0 amide bonds. The maximum atomic E-state index is 11.2. The van der Waals surface area contributed by atoms with Crippen molar-refractivity contribution in [1.82, 2.24) is 4.72 Å². The summed E-state index contributed by atoms with van der Waals surface area (Å²) in [4.78, 5) is 0.732. The molecule has 0 saturated heterocycles. The maximum absolute atomic E-state index is 11.2. The summed E-state index contributed by atoms with van der Waals surface area (Å²) in [6, 6.07) is 5.88. The number of aryl methyl sites for hydroxylation is 1. The normalized spacial score (nSPS) is 13.0. The molecular weight excluding hydrogens is 330 g/mol. The fourth-order valence-electron chi connectivity index (χ4n) is 2.44. The van der Waals surface area contributed by atoms with Crippen LogP contribution >= 0.6 is 12.6 Å². The molecule has 1 unspecified atom stereocenters. The summed E-state index contributed by atoms with van der Waals surface area (Å²) in [7, 11) is -3.29. The van der Waals surface area contributed by atoms with Crippen LogP contribution in [0.2, 0.25) is 0 Å². The lowest BCUT2D eigenvalue weighted by molar-refractivity contribution is 0.205. The molecule has 6 heteroatoms. The molecule has 0 saturated carbocycles. The topological polar surface area (TPSA) is 55.4 Å². The Morgan fingerprint density at radius 3 is 2.43 bits per heavy atom. The minimum atomic E-state index is -3.29. The fourth-order valence-corrected chi connectivity index (χ4v) is 3.39. The predicted molar refractivity (Wildman–Crippen MR) is 98.8 cm³/mol. The van der Waals surface area contributed by atoms with Crippen LogP contribution in [0.15, 0.2) is 23.1 Å². The van der Waals surface area contributed by atoms with Gasteiger partial charge < -0.3 is 4.74 Å². The molecule has 0 radical (unpaired) electrons. The van der Waals surface area contributed by atoms with Crippen molar-refractivity contribution < 1.29 is 13.2 Å². The number of benzene rings is 1. The highest BCUT2D eigenvalue weighted by Crippen LogP contribution is 2.25. The molecule has 0 heterocycles. The van der Waals surface area contributed by atoms with E-state index in [2.05, 4.69) is 24.3 Å². The van der Waals surface area contributed by atoms with Crippen molar-refractivity contribution in [2.45, 2.75) is 69.9 Å². The van der Waals surface area contributed by atoms with Gasteiger partial charge in [-0.05, 0) is 37.5 Å². The van der Waals surface area contributed by atoms with Crippen molar-refractivity contribution in [3.05, 3.63) is 23.8 Å². The van der Waals surface area contributed by atoms with Gasteiger partial charge in [0.1, 0.15) is 5.75 Å². The van der Waals surface area contributed by atoms with Crippen molar-refractivity contribution in [2.24, 2.45) is 0 Å². The first kappa shape index (κ1) is 20.3. The molecule has 1 aromatic rings. The van der Waals surface area contributed by atoms with Gasteiger partial charge in [0.15, 0.2) is 6.23 Å². The molecule has 1 atom stereocenters.